The van der Waals surface area contributed by atoms with Gasteiger partial charge < -0.3 is 20.4 Å². The fourth-order valence-electron chi connectivity index (χ4n) is 3.35. The molecule has 2 rings (SSSR count). The highest BCUT2D eigenvalue weighted by atomic mass is 127. The molecule has 0 aromatic carbocycles. The summed E-state index contributed by atoms with van der Waals surface area (Å²) in [6.07, 6.45) is 6.03. The molecule has 0 aliphatic carbocycles. The number of hydrogen-bond acceptors (Lipinski definition) is 3. The predicted molar refractivity (Wildman–Crippen MR) is 115 cm³/mol. The third-order valence-electron chi connectivity index (χ3n) is 5.00. The zero-order valence-electron chi connectivity index (χ0n) is 15.9. The average Bonchev–Trinajstić information content (AvgIpc) is 3.12. The van der Waals surface area contributed by atoms with Gasteiger partial charge in [0.05, 0.1) is 0 Å². The maximum Gasteiger partial charge on any atom is 0.244 e. The van der Waals surface area contributed by atoms with Crippen molar-refractivity contribution in [2.75, 3.05) is 52.4 Å². The van der Waals surface area contributed by atoms with Gasteiger partial charge in [0.25, 0.3) is 0 Å². The zero-order valence-corrected chi connectivity index (χ0v) is 18.3. The van der Waals surface area contributed by atoms with Gasteiger partial charge >= 0.3 is 0 Å². The molecule has 146 valence electrons. The molecule has 0 bridgehead atoms. The van der Waals surface area contributed by atoms with E-state index in [1.807, 2.05) is 11.8 Å². The normalized spacial score (nSPS) is 19.6. The number of amides is 1. The first-order valence-corrected chi connectivity index (χ1v) is 9.71. The molecule has 0 unspecified atom stereocenters. The maximum absolute atomic E-state index is 12.1. The van der Waals surface area contributed by atoms with Gasteiger partial charge in [-0.2, -0.15) is 0 Å². The molecule has 0 radical (unpaired) electrons. The second kappa shape index (κ2) is 12.7. The number of carbonyl (C=O) groups excluding carboxylic acids is 1. The van der Waals surface area contributed by atoms with E-state index in [1.165, 1.54) is 25.9 Å². The number of halogens is 1. The monoisotopic (exact) mass is 465 g/mol. The van der Waals surface area contributed by atoms with Crippen LogP contribution in [0.5, 0.6) is 0 Å². The lowest BCUT2D eigenvalue weighted by Crippen LogP contribution is -2.40. The molecule has 0 saturated carbocycles. The summed E-state index contributed by atoms with van der Waals surface area (Å²) in [5, 5.41) is 6.58. The zero-order chi connectivity index (χ0) is 17.2. The first-order chi connectivity index (χ1) is 11.7. The Morgan fingerprint density at radius 3 is 2.44 bits per heavy atom. The summed E-state index contributed by atoms with van der Waals surface area (Å²) in [4.78, 5) is 21.0. The van der Waals surface area contributed by atoms with Crippen molar-refractivity contribution in [2.45, 2.75) is 46.0 Å². The van der Waals surface area contributed by atoms with Gasteiger partial charge in [0.1, 0.15) is 6.54 Å². The summed E-state index contributed by atoms with van der Waals surface area (Å²) in [5.74, 6) is 1.80. The van der Waals surface area contributed by atoms with Crippen LogP contribution in [0.2, 0.25) is 0 Å². The van der Waals surface area contributed by atoms with E-state index in [4.69, 9.17) is 0 Å². The van der Waals surface area contributed by atoms with Crippen LogP contribution in [0, 0.1) is 5.92 Å². The number of hydrogen-bond donors (Lipinski definition) is 2. The Bertz CT molecular complexity index is 404. The predicted octanol–water partition coefficient (Wildman–Crippen LogP) is 1.90. The van der Waals surface area contributed by atoms with Gasteiger partial charge in [0, 0.05) is 26.2 Å². The fourth-order valence-corrected chi connectivity index (χ4v) is 3.35. The lowest BCUT2D eigenvalue weighted by molar-refractivity contribution is -0.128. The molecule has 0 aromatic heterocycles. The minimum absolute atomic E-state index is 0. The molecule has 0 aromatic rings. The number of rotatable bonds is 7. The lowest BCUT2D eigenvalue weighted by atomic mass is 9.99. The Hall–Kier alpha value is -0.570. The molecule has 2 N–H and O–H groups in total. The standard InChI is InChI=1S/C18H35N5O.HI/c1-3-19-18(21-15-17(24)23-11-4-5-12-23)20-9-6-10-22-13-7-16(2)8-14-22;/h16H,3-15H2,1-2H3,(H2,19,20,21);1H. The highest BCUT2D eigenvalue weighted by molar-refractivity contribution is 14.0. The van der Waals surface area contributed by atoms with Crippen molar-refractivity contribution in [2.24, 2.45) is 10.9 Å². The Morgan fingerprint density at radius 1 is 1.12 bits per heavy atom. The van der Waals surface area contributed by atoms with Gasteiger partial charge in [0.15, 0.2) is 5.96 Å². The van der Waals surface area contributed by atoms with Crippen LogP contribution in [0.3, 0.4) is 0 Å². The maximum atomic E-state index is 12.1. The quantitative estimate of drug-likeness (QED) is 0.261. The summed E-state index contributed by atoms with van der Waals surface area (Å²) in [6, 6.07) is 0. The lowest BCUT2D eigenvalue weighted by Gasteiger charge is -2.30. The molecule has 2 aliphatic heterocycles. The van der Waals surface area contributed by atoms with E-state index in [2.05, 4.69) is 27.4 Å². The number of aliphatic imine (C=N–C) groups is 1. The molecule has 2 fully saturated rings. The molecule has 2 saturated heterocycles. The molecule has 1 amide bonds. The largest absolute Gasteiger partial charge is 0.357 e. The summed E-state index contributed by atoms with van der Waals surface area (Å²) >= 11 is 0. The van der Waals surface area contributed by atoms with Crippen LogP contribution >= 0.6 is 24.0 Å². The average molecular weight is 465 g/mol. The van der Waals surface area contributed by atoms with Crippen molar-refractivity contribution < 1.29 is 4.79 Å². The molecular weight excluding hydrogens is 429 g/mol. The van der Waals surface area contributed by atoms with Gasteiger partial charge in [0.2, 0.25) is 5.91 Å². The Balaban J connectivity index is 0.00000312. The van der Waals surface area contributed by atoms with Crippen molar-refractivity contribution in [1.82, 2.24) is 20.4 Å². The van der Waals surface area contributed by atoms with Gasteiger partial charge in [-0.1, -0.05) is 6.92 Å². The van der Waals surface area contributed by atoms with Crippen LogP contribution in [-0.2, 0) is 4.79 Å². The Labute approximate surface area is 170 Å². The molecule has 7 heteroatoms. The minimum Gasteiger partial charge on any atom is -0.357 e. The first kappa shape index (κ1) is 22.5. The SMILES string of the molecule is CCNC(=NCC(=O)N1CCCC1)NCCCN1CCC(C)CC1.I. The van der Waals surface area contributed by atoms with Crippen molar-refractivity contribution in [1.29, 1.82) is 0 Å². The molecule has 2 heterocycles. The van der Waals surface area contributed by atoms with Gasteiger partial charge in [-0.15, -0.1) is 24.0 Å². The third-order valence-corrected chi connectivity index (χ3v) is 5.00. The highest BCUT2D eigenvalue weighted by Gasteiger charge is 2.17. The Kier molecular flexibility index (Phi) is 11.4. The van der Waals surface area contributed by atoms with Gasteiger partial charge in [-0.05, 0) is 64.6 Å². The van der Waals surface area contributed by atoms with E-state index in [-0.39, 0.29) is 36.4 Å². The third kappa shape index (κ3) is 8.57. The number of carbonyl (C=O) groups is 1. The highest BCUT2D eigenvalue weighted by Crippen LogP contribution is 2.15. The van der Waals surface area contributed by atoms with Crippen LogP contribution in [0.4, 0.5) is 0 Å². The number of likely N-dealkylation sites (tertiary alicyclic amines) is 2. The summed E-state index contributed by atoms with van der Waals surface area (Å²) < 4.78 is 0. The molecule has 0 atom stereocenters. The molecule has 2 aliphatic rings. The second-order valence-electron chi connectivity index (χ2n) is 7.09. The van der Waals surface area contributed by atoms with Crippen molar-refractivity contribution >= 4 is 35.8 Å². The summed E-state index contributed by atoms with van der Waals surface area (Å²) in [6.45, 7) is 11.8. The first-order valence-electron chi connectivity index (χ1n) is 9.71. The Morgan fingerprint density at radius 2 is 1.80 bits per heavy atom. The smallest absolute Gasteiger partial charge is 0.244 e. The second-order valence-corrected chi connectivity index (χ2v) is 7.09. The van der Waals surface area contributed by atoms with Gasteiger partial charge in [-0.3, -0.25) is 4.79 Å². The van der Waals surface area contributed by atoms with E-state index < -0.39 is 0 Å². The topological polar surface area (TPSA) is 60.0 Å². The number of nitrogens with zero attached hydrogens (tertiary/aromatic N) is 3. The molecule has 25 heavy (non-hydrogen) atoms. The van der Waals surface area contributed by atoms with Crippen molar-refractivity contribution in [3.8, 4) is 0 Å². The van der Waals surface area contributed by atoms with Crippen LogP contribution in [-0.4, -0.2) is 74.0 Å². The number of piperidine rings is 1. The van der Waals surface area contributed by atoms with E-state index in [0.717, 1.165) is 63.9 Å². The summed E-state index contributed by atoms with van der Waals surface area (Å²) in [5.41, 5.74) is 0. The molecule has 6 nitrogen and oxygen atoms in total. The van der Waals surface area contributed by atoms with Crippen LogP contribution in [0.25, 0.3) is 0 Å². The summed E-state index contributed by atoms with van der Waals surface area (Å²) in [7, 11) is 0. The number of guanidine groups is 1. The van der Waals surface area contributed by atoms with Crippen molar-refractivity contribution in [3.63, 3.8) is 0 Å². The van der Waals surface area contributed by atoms with Gasteiger partial charge in [-0.25, -0.2) is 4.99 Å². The van der Waals surface area contributed by atoms with E-state index in [0.29, 0.717) is 0 Å². The van der Waals surface area contributed by atoms with E-state index >= 15 is 0 Å². The van der Waals surface area contributed by atoms with Crippen molar-refractivity contribution in [3.05, 3.63) is 0 Å². The number of nitrogens with one attached hydrogen (secondary N) is 2. The van der Waals surface area contributed by atoms with Crippen LogP contribution in [0.15, 0.2) is 4.99 Å². The van der Waals surface area contributed by atoms with Crippen LogP contribution < -0.4 is 10.6 Å². The fraction of sp³-hybridized carbons (Fsp3) is 0.889. The molecule has 0 spiro atoms. The van der Waals surface area contributed by atoms with E-state index in [1.54, 1.807) is 0 Å². The minimum atomic E-state index is 0. The van der Waals surface area contributed by atoms with Crippen LogP contribution in [0.1, 0.15) is 46.0 Å². The van der Waals surface area contributed by atoms with E-state index in [9.17, 15) is 4.79 Å². The molecular formula is C18H36IN5O.